The number of fused-ring (bicyclic) bond motifs is 1. The van der Waals surface area contributed by atoms with Gasteiger partial charge in [-0.2, -0.15) is 0 Å². The second-order valence-electron chi connectivity index (χ2n) is 7.99. The fourth-order valence-corrected chi connectivity index (χ4v) is 5.75. The first-order valence-corrected chi connectivity index (χ1v) is 11.0. The molecule has 4 heterocycles. The first kappa shape index (κ1) is 18.0. The van der Waals surface area contributed by atoms with E-state index in [9.17, 15) is 0 Å². The van der Waals surface area contributed by atoms with E-state index in [0.29, 0.717) is 5.25 Å². The molecule has 0 unspecified atom stereocenters. The number of aliphatic imine (C=N–C) groups is 1. The number of halogens is 1. The van der Waals surface area contributed by atoms with Crippen LogP contribution in [0.1, 0.15) is 48.7 Å². The van der Waals surface area contributed by atoms with Crippen LogP contribution in [0.4, 0.5) is 10.1 Å². The Bertz CT molecular complexity index is 910. The fourth-order valence-electron chi connectivity index (χ4n) is 4.65. The van der Waals surface area contributed by atoms with Gasteiger partial charge in [0.25, 0.3) is 0 Å². The Balaban J connectivity index is 1.57. The molecule has 3 aliphatic heterocycles. The summed E-state index contributed by atoms with van der Waals surface area (Å²) in [5, 5.41) is 1.57. The number of hydrogen-bond acceptors (Lipinski definition) is 5. The molecule has 0 saturated carbocycles. The molecule has 4 nitrogen and oxygen atoms in total. The molecule has 0 radical (unpaired) electrons. The van der Waals surface area contributed by atoms with E-state index in [0.717, 1.165) is 60.2 Å². The van der Waals surface area contributed by atoms with Gasteiger partial charge in [0.05, 0.1) is 17.4 Å². The maximum absolute atomic E-state index is 15.2. The van der Waals surface area contributed by atoms with Crippen molar-refractivity contribution in [1.82, 2.24) is 9.88 Å². The molecule has 0 amide bonds. The number of anilines is 1. The highest BCUT2D eigenvalue weighted by Crippen LogP contribution is 2.48. The summed E-state index contributed by atoms with van der Waals surface area (Å²) in [6.07, 6.45) is 4.10. The molecule has 1 aromatic heterocycles. The summed E-state index contributed by atoms with van der Waals surface area (Å²) in [6.45, 7) is 7.16. The van der Waals surface area contributed by atoms with Gasteiger partial charge in [-0.1, -0.05) is 24.8 Å². The van der Waals surface area contributed by atoms with E-state index in [1.807, 2.05) is 42.2 Å². The van der Waals surface area contributed by atoms with Crippen molar-refractivity contribution in [2.75, 3.05) is 24.5 Å². The third-order valence-corrected chi connectivity index (χ3v) is 7.08. The topological polar surface area (TPSA) is 31.7 Å². The number of pyridine rings is 1. The van der Waals surface area contributed by atoms with Crippen LogP contribution in [0, 0.1) is 12.7 Å². The second kappa shape index (κ2) is 7.07. The molecular formula is C22H25FN4S. The number of benzene rings is 1. The minimum absolute atomic E-state index is 0.00415. The van der Waals surface area contributed by atoms with Crippen LogP contribution in [-0.4, -0.2) is 39.9 Å². The van der Waals surface area contributed by atoms with Crippen LogP contribution in [0.5, 0.6) is 0 Å². The summed E-state index contributed by atoms with van der Waals surface area (Å²) in [5.41, 5.74) is 3.86. The highest BCUT2D eigenvalue weighted by molar-refractivity contribution is 8.14. The van der Waals surface area contributed by atoms with Crippen LogP contribution in [0.15, 0.2) is 41.5 Å². The molecule has 2 aromatic rings. The number of amidine groups is 1. The maximum Gasteiger partial charge on any atom is 0.160 e. The van der Waals surface area contributed by atoms with Gasteiger partial charge in [-0.15, -0.1) is 0 Å². The van der Waals surface area contributed by atoms with Crippen molar-refractivity contribution in [3.63, 3.8) is 0 Å². The molecule has 2 fully saturated rings. The van der Waals surface area contributed by atoms with E-state index in [1.165, 1.54) is 0 Å². The van der Waals surface area contributed by atoms with Gasteiger partial charge in [0, 0.05) is 31.1 Å². The molecule has 146 valence electrons. The molecule has 0 spiro atoms. The zero-order valence-corrected chi connectivity index (χ0v) is 17.1. The number of thioether (sulfide) groups is 1. The summed E-state index contributed by atoms with van der Waals surface area (Å²) in [7, 11) is 0. The Labute approximate surface area is 169 Å². The number of hydrogen-bond donors (Lipinski definition) is 0. The van der Waals surface area contributed by atoms with Gasteiger partial charge in [0.15, 0.2) is 5.17 Å². The van der Waals surface area contributed by atoms with Crippen LogP contribution >= 0.6 is 11.8 Å². The minimum Gasteiger partial charge on any atom is -0.369 e. The number of rotatable bonds is 3. The molecule has 0 N–H and O–H groups in total. The maximum atomic E-state index is 15.2. The smallest absolute Gasteiger partial charge is 0.160 e. The van der Waals surface area contributed by atoms with E-state index >= 15 is 4.39 Å². The molecule has 1 aromatic carbocycles. The lowest BCUT2D eigenvalue weighted by Crippen LogP contribution is -2.29. The Morgan fingerprint density at radius 2 is 2.00 bits per heavy atom. The third kappa shape index (κ3) is 2.98. The van der Waals surface area contributed by atoms with E-state index < -0.39 is 0 Å². The largest absolute Gasteiger partial charge is 0.369 e. The summed E-state index contributed by atoms with van der Waals surface area (Å²) in [6, 6.07) is 9.67. The van der Waals surface area contributed by atoms with Crippen LogP contribution < -0.4 is 4.90 Å². The van der Waals surface area contributed by atoms with E-state index in [4.69, 9.17) is 4.99 Å². The molecule has 3 aliphatic rings. The highest BCUT2D eigenvalue weighted by Gasteiger charge is 2.44. The molecule has 28 heavy (non-hydrogen) atoms. The fraction of sp³-hybridized carbons (Fsp3) is 0.455. The average Bonchev–Trinajstić information content (AvgIpc) is 3.40. The average molecular weight is 397 g/mol. The minimum atomic E-state index is -0.115. The second-order valence-corrected chi connectivity index (χ2v) is 9.40. The van der Waals surface area contributed by atoms with Gasteiger partial charge >= 0.3 is 0 Å². The zero-order chi connectivity index (χ0) is 19.3. The molecule has 5 rings (SSSR count). The van der Waals surface area contributed by atoms with E-state index in [2.05, 4.69) is 28.6 Å². The molecular weight excluding hydrogens is 371 g/mol. The molecule has 0 bridgehead atoms. The lowest BCUT2D eigenvalue weighted by molar-refractivity contribution is 0.319. The van der Waals surface area contributed by atoms with E-state index in [1.54, 1.807) is 6.07 Å². The van der Waals surface area contributed by atoms with Gasteiger partial charge in [-0.05, 0) is 55.2 Å². The quantitative estimate of drug-likeness (QED) is 0.751. The summed E-state index contributed by atoms with van der Waals surface area (Å²) in [4.78, 5) is 14.1. The highest BCUT2D eigenvalue weighted by atomic mass is 32.2. The summed E-state index contributed by atoms with van der Waals surface area (Å²) >= 11 is 1.81. The van der Waals surface area contributed by atoms with Gasteiger partial charge in [0.2, 0.25) is 0 Å². The lowest BCUT2D eigenvalue weighted by atomic mass is 9.92. The van der Waals surface area contributed by atoms with Crippen molar-refractivity contribution in [1.29, 1.82) is 0 Å². The van der Waals surface area contributed by atoms with Crippen LogP contribution in [0.2, 0.25) is 0 Å². The zero-order valence-electron chi connectivity index (χ0n) is 16.3. The van der Waals surface area contributed by atoms with Crippen molar-refractivity contribution < 1.29 is 4.39 Å². The van der Waals surface area contributed by atoms with Gasteiger partial charge in [-0.3, -0.25) is 9.98 Å². The molecule has 6 heteroatoms. The van der Waals surface area contributed by atoms with Crippen LogP contribution in [0.3, 0.4) is 0 Å². The summed E-state index contributed by atoms with van der Waals surface area (Å²) < 4.78 is 15.2. The van der Waals surface area contributed by atoms with Crippen molar-refractivity contribution in [2.45, 2.75) is 44.0 Å². The third-order valence-electron chi connectivity index (χ3n) is 5.98. The van der Waals surface area contributed by atoms with Crippen molar-refractivity contribution in [3.8, 4) is 0 Å². The van der Waals surface area contributed by atoms with Crippen molar-refractivity contribution in [2.24, 2.45) is 4.99 Å². The number of aromatic nitrogens is 1. The number of nitrogens with zero attached hydrogens (tertiary/aromatic N) is 4. The molecule has 2 saturated heterocycles. The Morgan fingerprint density at radius 3 is 2.75 bits per heavy atom. The normalized spacial score (nSPS) is 26.7. The monoisotopic (exact) mass is 396 g/mol. The molecule has 0 aliphatic carbocycles. The van der Waals surface area contributed by atoms with Crippen LogP contribution in [-0.2, 0) is 0 Å². The van der Waals surface area contributed by atoms with Gasteiger partial charge in [-0.25, -0.2) is 4.39 Å². The first-order chi connectivity index (χ1) is 13.6. The van der Waals surface area contributed by atoms with E-state index in [-0.39, 0.29) is 17.9 Å². The SMILES string of the molecule is Cc1cc(N2CCCC2)c(F)cc1[C@H]1[C@@H](c2ccccn2)N=C2S[C@@H](C)CN21. The van der Waals surface area contributed by atoms with Gasteiger partial charge in [0.1, 0.15) is 11.9 Å². The Kier molecular flexibility index (Phi) is 4.54. The summed E-state index contributed by atoms with van der Waals surface area (Å²) in [5.74, 6) is -0.115. The van der Waals surface area contributed by atoms with Crippen molar-refractivity contribution in [3.05, 3.63) is 59.2 Å². The Morgan fingerprint density at radius 1 is 1.18 bits per heavy atom. The predicted molar refractivity (Wildman–Crippen MR) is 113 cm³/mol. The van der Waals surface area contributed by atoms with Gasteiger partial charge < -0.3 is 9.80 Å². The lowest BCUT2D eigenvalue weighted by Gasteiger charge is -2.29. The first-order valence-electron chi connectivity index (χ1n) is 10.1. The molecule has 3 atom stereocenters. The van der Waals surface area contributed by atoms with Crippen LogP contribution in [0.25, 0.3) is 0 Å². The van der Waals surface area contributed by atoms with Crippen molar-refractivity contribution >= 4 is 22.6 Å². The number of aryl methyl sites for hydroxylation is 1. The Hall–Kier alpha value is -2.08. The predicted octanol–water partition coefficient (Wildman–Crippen LogP) is 4.72. The standard InChI is InChI=1S/C22H25FN4S/c1-14-11-19(26-9-5-6-10-26)17(23)12-16(14)21-20(18-7-3-4-8-24-18)25-22-27(21)13-15(2)28-22/h3-4,7-8,11-12,15,20-21H,5-6,9-10,13H2,1-2H3/t15-,20+,21-/m0/s1.